The summed E-state index contributed by atoms with van der Waals surface area (Å²) in [5.74, 6) is 0.681. The van der Waals surface area contributed by atoms with E-state index in [1.807, 2.05) is 0 Å². The van der Waals surface area contributed by atoms with Gasteiger partial charge in [0.25, 0.3) is 0 Å². The zero-order valence-corrected chi connectivity index (χ0v) is 7.46. The van der Waals surface area contributed by atoms with Gasteiger partial charge >= 0.3 is 0 Å². The topological polar surface area (TPSA) is 0 Å². The lowest BCUT2D eigenvalue weighted by molar-refractivity contribution is 0.627. The molecular weight excluding hydrogens is 183 g/mol. The molecule has 0 bridgehead atoms. The highest BCUT2D eigenvalue weighted by Crippen LogP contribution is 2.10. The molecule has 0 atom stereocenters. The molecule has 0 saturated carbocycles. The average Bonchev–Trinajstić information content (AvgIpc) is 2.04. The summed E-state index contributed by atoms with van der Waals surface area (Å²) < 4.78 is 12.4. The molecule has 0 N–H and O–H groups in total. The molecule has 0 fully saturated rings. The number of rotatable bonds is 3. The van der Waals surface area contributed by atoms with Crippen LogP contribution in [-0.4, -0.2) is 5.75 Å². The Hall–Kier alpha value is -0.210. The molecule has 0 nitrogen and oxygen atoms in total. The van der Waals surface area contributed by atoms with Crippen LogP contribution in [0, 0.1) is 5.82 Å². The monoisotopic (exact) mass is 190 g/mol. The molecule has 60 valence electrons. The first-order valence-electron chi connectivity index (χ1n) is 3.31. The first-order valence-corrected chi connectivity index (χ1v) is 5.12. The van der Waals surface area contributed by atoms with Crippen molar-refractivity contribution in [2.45, 2.75) is 6.42 Å². The third-order valence-corrected chi connectivity index (χ3v) is 2.20. The summed E-state index contributed by atoms with van der Waals surface area (Å²) >= 11 is 0. The predicted molar refractivity (Wildman–Crippen MR) is 48.4 cm³/mol. The van der Waals surface area contributed by atoms with E-state index in [2.05, 4.69) is 0 Å². The molecule has 1 rings (SSSR count). The summed E-state index contributed by atoms with van der Waals surface area (Å²) in [5.41, 5.74) is 1.12. The number of benzene rings is 1. The van der Waals surface area contributed by atoms with Crippen LogP contribution in [0.4, 0.5) is 4.39 Å². The van der Waals surface area contributed by atoms with E-state index in [1.165, 1.54) is 23.1 Å². The molecule has 0 aliphatic carbocycles. The summed E-state index contributed by atoms with van der Waals surface area (Å²) in [6.07, 6.45) is 0.897. The van der Waals surface area contributed by atoms with E-state index in [9.17, 15) is 4.39 Å². The van der Waals surface area contributed by atoms with E-state index in [1.54, 1.807) is 12.1 Å². The van der Waals surface area contributed by atoms with Gasteiger partial charge in [0.2, 0.25) is 0 Å². The first kappa shape index (κ1) is 8.88. The van der Waals surface area contributed by atoms with Crippen molar-refractivity contribution in [1.82, 2.24) is 0 Å². The lowest BCUT2D eigenvalue weighted by atomic mass is 10.2. The van der Waals surface area contributed by atoms with Crippen LogP contribution >= 0.6 is 21.7 Å². The second kappa shape index (κ2) is 4.62. The zero-order chi connectivity index (χ0) is 8.10. The minimum absolute atomic E-state index is 0.188. The first-order chi connectivity index (χ1) is 5.33. The van der Waals surface area contributed by atoms with E-state index < -0.39 is 0 Å². The van der Waals surface area contributed by atoms with Crippen LogP contribution < -0.4 is 0 Å². The van der Waals surface area contributed by atoms with Crippen LogP contribution in [-0.2, 0) is 6.42 Å². The highest BCUT2D eigenvalue weighted by molar-refractivity contribution is 8.21. The average molecular weight is 191 g/mol. The number of aryl methyl sites for hydroxylation is 1. The molecular formula is C8H8ClFS. The maximum atomic E-state index is 12.4. The van der Waals surface area contributed by atoms with Crippen LogP contribution in [0.3, 0.4) is 0 Å². The fraction of sp³-hybridized carbons (Fsp3) is 0.250. The highest BCUT2D eigenvalue weighted by Gasteiger charge is 1.92. The van der Waals surface area contributed by atoms with Gasteiger partial charge in [-0.05, 0) is 34.8 Å². The molecule has 1 aromatic rings. The summed E-state index contributed by atoms with van der Waals surface area (Å²) in [6, 6.07) is 6.49. The molecule has 0 spiro atoms. The highest BCUT2D eigenvalue weighted by atomic mass is 35.7. The molecule has 3 heteroatoms. The molecule has 0 heterocycles. The standard InChI is InChI=1S/C8H8ClFS/c9-11-6-5-7-1-3-8(10)4-2-7/h1-4H,5-6H2. The van der Waals surface area contributed by atoms with E-state index >= 15 is 0 Å². The second-order valence-corrected chi connectivity index (χ2v) is 3.47. The molecule has 0 saturated heterocycles. The van der Waals surface area contributed by atoms with Gasteiger partial charge in [-0.15, -0.1) is 0 Å². The SMILES string of the molecule is Fc1ccc(CCSCl)cc1. The van der Waals surface area contributed by atoms with Gasteiger partial charge in [-0.25, -0.2) is 4.39 Å². The smallest absolute Gasteiger partial charge is 0.123 e. The molecule has 0 unspecified atom stereocenters. The molecule has 0 aliphatic heterocycles. The third kappa shape index (κ3) is 3.12. The Balaban J connectivity index is 2.52. The van der Waals surface area contributed by atoms with E-state index in [0.29, 0.717) is 0 Å². The van der Waals surface area contributed by atoms with Gasteiger partial charge in [-0.2, -0.15) is 0 Å². The quantitative estimate of drug-likeness (QED) is 0.705. The Bertz CT molecular complexity index is 210. The number of halogens is 2. The fourth-order valence-corrected chi connectivity index (χ4v) is 1.35. The molecule has 0 aromatic heterocycles. The summed E-state index contributed by atoms with van der Waals surface area (Å²) in [5, 5.41) is 0. The van der Waals surface area contributed by atoms with Crippen molar-refractivity contribution in [3.8, 4) is 0 Å². The Kier molecular flexibility index (Phi) is 3.73. The Morgan fingerprint density at radius 1 is 1.27 bits per heavy atom. The summed E-state index contributed by atoms with van der Waals surface area (Å²) in [7, 11) is 6.70. The molecule has 11 heavy (non-hydrogen) atoms. The van der Waals surface area contributed by atoms with Crippen molar-refractivity contribution in [2.75, 3.05) is 5.75 Å². The summed E-state index contributed by atoms with van der Waals surface area (Å²) in [6.45, 7) is 0. The van der Waals surface area contributed by atoms with E-state index in [4.69, 9.17) is 10.7 Å². The number of hydrogen-bond donors (Lipinski definition) is 0. The number of hydrogen-bond acceptors (Lipinski definition) is 1. The molecule has 0 amide bonds. The minimum atomic E-state index is -0.188. The van der Waals surface area contributed by atoms with Gasteiger partial charge in [0.05, 0.1) is 0 Å². The molecule has 0 aliphatic rings. The zero-order valence-electron chi connectivity index (χ0n) is 5.89. The van der Waals surface area contributed by atoms with Gasteiger partial charge in [0.1, 0.15) is 5.82 Å². The summed E-state index contributed by atoms with van der Waals surface area (Å²) in [4.78, 5) is 0. The van der Waals surface area contributed by atoms with Crippen molar-refractivity contribution in [3.05, 3.63) is 35.6 Å². The Morgan fingerprint density at radius 2 is 1.91 bits per heavy atom. The van der Waals surface area contributed by atoms with Crippen LogP contribution in [0.2, 0.25) is 0 Å². The lowest BCUT2D eigenvalue weighted by Gasteiger charge is -1.96. The van der Waals surface area contributed by atoms with Gasteiger partial charge in [-0.3, -0.25) is 0 Å². The van der Waals surface area contributed by atoms with E-state index in [-0.39, 0.29) is 5.82 Å². The lowest BCUT2D eigenvalue weighted by Crippen LogP contribution is -1.86. The van der Waals surface area contributed by atoms with Crippen LogP contribution in [0.25, 0.3) is 0 Å². The van der Waals surface area contributed by atoms with Gasteiger partial charge in [-0.1, -0.05) is 23.1 Å². The van der Waals surface area contributed by atoms with Crippen molar-refractivity contribution in [2.24, 2.45) is 0 Å². The van der Waals surface area contributed by atoms with Gasteiger partial charge < -0.3 is 0 Å². The van der Waals surface area contributed by atoms with E-state index in [0.717, 1.165) is 17.7 Å². The van der Waals surface area contributed by atoms with Crippen LogP contribution in [0.15, 0.2) is 24.3 Å². The maximum Gasteiger partial charge on any atom is 0.123 e. The third-order valence-electron chi connectivity index (χ3n) is 1.38. The largest absolute Gasteiger partial charge is 0.207 e. The van der Waals surface area contributed by atoms with Crippen LogP contribution in [0.1, 0.15) is 5.56 Å². The Labute approximate surface area is 74.3 Å². The van der Waals surface area contributed by atoms with Crippen LogP contribution in [0.5, 0.6) is 0 Å². The molecule has 1 aromatic carbocycles. The van der Waals surface area contributed by atoms with Crippen molar-refractivity contribution < 1.29 is 4.39 Å². The van der Waals surface area contributed by atoms with Crippen molar-refractivity contribution in [1.29, 1.82) is 0 Å². The fourth-order valence-electron chi connectivity index (χ4n) is 0.808. The maximum absolute atomic E-state index is 12.4. The molecule has 0 radical (unpaired) electrons. The van der Waals surface area contributed by atoms with Gasteiger partial charge in [0.15, 0.2) is 0 Å². The second-order valence-electron chi connectivity index (χ2n) is 2.19. The van der Waals surface area contributed by atoms with Gasteiger partial charge in [0, 0.05) is 5.75 Å². The normalized spacial score (nSPS) is 10.0. The Morgan fingerprint density at radius 3 is 2.45 bits per heavy atom. The predicted octanol–water partition coefficient (Wildman–Crippen LogP) is 3.26. The van der Waals surface area contributed by atoms with Crippen molar-refractivity contribution >= 4 is 21.7 Å². The van der Waals surface area contributed by atoms with Crippen molar-refractivity contribution in [3.63, 3.8) is 0 Å². The minimum Gasteiger partial charge on any atom is -0.207 e.